The van der Waals surface area contributed by atoms with Crippen LogP contribution < -0.4 is 10.1 Å². The molecule has 4 rings (SSSR count). The molecule has 0 spiro atoms. The first kappa shape index (κ1) is 23.3. The normalized spacial score (nSPS) is 11.2. The van der Waals surface area contributed by atoms with Crippen molar-refractivity contribution < 1.29 is 22.4 Å². The zero-order chi connectivity index (χ0) is 24.1. The number of amides is 1. The van der Waals surface area contributed by atoms with Gasteiger partial charge in [-0.25, -0.2) is 13.4 Å². The van der Waals surface area contributed by atoms with Crippen molar-refractivity contribution >= 4 is 15.7 Å². The van der Waals surface area contributed by atoms with Gasteiger partial charge in [0.05, 0.1) is 17.7 Å². The third-order valence-electron chi connectivity index (χ3n) is 5.31. The topological polar surface area (TPSA) is 98.5 Å². The van der Waals surface area contributed by atoms with Gasteiger partial charge in [0.1, 0.15) is 17.3 Å². The molecule has 1 N–H and O–H groups in total. The fraction of sp³-hybridized carbons (Fsp3) is 0.154. The predicted molar refractivity (Wildman–Crippen MR) is 128 cm³/mol. The molecular weight excluding hydrogens is 452 g/mol. The van der Waals surface area contributed by atoms with E-state index >= 15 is 0 Å². The molecule has 0 fully saturated rings. The second-order valence-corrected chi connectivity index (χ2v) is 9.70. The summed E-state index contributed by atoms with van der Waals surface area (Å²) >= 11 is 0. The van der Waals surface area contributed by atoms with Crippen LogP contribution in [0, 0.1) is 6.92 Å². The molecule has 34 heavy (non-hydrogen) atoms. The van der Waals surface area contributed by atoms with Crippen molar-refractivity contribution in [3.05, 3.63) is 101 Å². The van der Waals surface area contributed by atoms with E-state index in [0.29, 0.717) is 40.8 Å². The number of nitrogens with one attached hydrogen (secondary N) is 1. The van der Waals surface area contributed by atoms with Crippen LogP contribution in [0.4, 0.5) is 0 Å². The number of methoxy groups -OCH3 is 1. The Labute approximate surface area is 198 Å². The van der Waals surface area contributed by atoms with Gasteiger partial charge in [0.2, 0.25) is 5.89 Å². The number of oxazole rings is 1. The highest BCUT2D eigenvalue weighted by Crippen LogP contribution is 2.26. The SMILES string of the molecule is COc1cccc(S(=O)(=O)Cc2nc(-c3ccc(C(=O)NCc4ccccc4)cc3)oc2C)c1. The molecule has 0 bridgehead atoms. The number of sulfone groups is 1. The smallest absolute Gasteiger partial charge is 0.251 e. The van der Waals surface area contributed by atoms with Crippen molar-refractivity contribution in [2.24, 2.45) is 0 Å². The van der Waals surface area contributed by atoms with Gasteiger partial charge in [-0.05, 0) is 55.0 Å². The summed E-state index contributed by atoms with van der Waals surface area (Å²) in [7, 11) is -2.16. The highest BCUT2D eigenvalue weighted by molar-refractivity contribution is 7.90. The number of carbonyl (C=O) groups excluding carboxylic acids is 1. The number of nitrogens with zero attached hydrogens (tertiary/aromatic N) is 1. The first-order valence-corrected chi connectivity index (χ1v) is 12.3. The molecule has 4 aromatic rings. The molecule has 0 unspecified atom stereocenters. The molecule has 1 aromatic heterocycles. The maximum Gasteiger partial charge on any atom is 0.251 e. The Balaban J connectivity index is 1.46. The molecule has 0 aliphatic carbocycles. The van der Waals surface area contributed by atoms with E-state index in [-0.39, 0.29) is 16.6 Å². The molecular formula is C26H24N2O5S. The van der Waals surface area contributed by atoms with E-state index in [1.165, 1.54) is 19.2 Å². The number of benzene rings is 3. The zero-order valence-electron chi connectivity index (χ0n) is 18.8. The van der Waals surface area contributed by atoms with Crippen LogP contribution in [0.1, 0.15) is 27.4 Å². The molecule has 0 radical (unpaired) electrons. The van der Waals surface area contributed by atoms with Crippen molar-refractivity contribution in [3.63, 3.8) is 0 Å². The van der Waals surface area contributed by atoms with Gasteiger partial charge < -0.3 is 14.5 Å². The number of aryl methyl sites for hydroxylation is 1. The molecule has 1 amide bonds. The summed E-state index contributed by atoms with van der Waals surface area (Å²) in [6.45, 7) is 2.11. The maximum atomic E-state index is 12.9. The highest BCUT2D eigenvalue weighted by Gasteiger charge is 2.21. The second kappa shape index (κ2) is 9.93. The number of aromatic nitrogens is 1. The Kier molecular flexibility index (Phi) is 6.79. The van der Waals surface area contributed by atoms with Gasteiger partial charge in [0.15, 0.2) is 9.84 Å². The van der Waals surface area contributed by atoms with Crippen LogP contribution in [0.25, 0.3) is 11.5 Å². The molecule has 0 saturated carbocycles. The fourth-order valence-corrected chi connectivity index (χ4v) is 4.76. The summed E-state index contributed by atoms with van der Waals surface area (Å²) in [5.41, 5.74) is 2.50. The van der Waals surface area contributed by atoms with Crippen LogP contribution in [0.15, 0.2) is 88.2 Å². The van der Waals surface area contributed by atoms with Gasteiger partial charge in [-0.15, -0.1) is 0 Å². The molecule has 8 heteroatoms. The van der Waals surface area contributed by atoms with Crippen LogP contribution >= 0.6 is 0 Å². The Bertz CT molecular complexity index is 1390. The van der Waals surface area contributed by atoms with Crippen LogP contribution in [0.5, 0.6) is 5.75 Å². The molecule has 1 heterocycles. The lowest BCUT2D eigenvalue weighted by molar-refractivity contribution is 0.0951. The van der Waals surface area contributed by atoms with Crippen molar-refractivity contribution in [2.45, 2.75) is 24.1 Å². The fourth-order valence-electron chi connectivity index (χ4n) is 3.39. The molecule has 7 nitrogen and oxygen atoms in total. The highest BCUT2D eigenvalue weighted by atomic mass is 32.2. The molecule has 3 aromatic carbocycles. The minimum absolute atomic E-state index is 0.154. The average molecular weight is 477 g/mol. The van der Waals surface area contributed by atoms with Gasteiger partial charge in [-0.3, -0.25) is 4.79 Å². The van der Waals surface area contributed by atoms with E-state index < -0.39 is 9.84 Å². The van der Waals surface area contributed by atoms with E-state index in [0.717, 1.165) is 5.56 Å². The number of rotatable bonds is 8. The standard InChI is InChI=1S/C26H24N2O5S/c1-18-24(17-34(30,31)23-10-6-9-22(15-23)32-2)28-26(33-18)21-13-11-20(12-14-21)25(29)27-16-19-7-4-3-5-8-19/h3-15H,16-17H2,1-2H3,(H,27,29). The lowest BCUT2D eigenvalue weighted by atomic mass is 10.1. The van der Waals surface area contributed by atoms with Gasteiger partial charge >= 0.3 is 0 Å². The largest absolute Gasteiger partial charge is 0.497 e. The van der Waals surface area contributed by atoms with Crippen LogP contribution in [0.3, 0.4) is 0 Å². The summed E-state index contributed by atoms with van der Waals surface area (Å²) < 4.78 is 36.6. The van der Waals surface area contributed by atoms with Gasteiger partial charge in [-0.1, -0.05) is 36.4 Å². The van der Waals surface area contributed by atoms with E-state index in [1.54, 1.807) is 43.3 Å². The molecule has 0 atom stereocenters. The summed E-state index contributed by atoms with van der Waals surface area (Å²) in [4.78, 5) is 17.0. The quantitative estimate of drug-likeness (QED) is 0.400. The second-order valence-electron chi connectivity index (χ2n) is 7.71. The van der Waals surface area contributed by atoms with Crippen LogP contribution in [0.2, 0.25) is 0 Å². The lowest BCUT2D eigenvalue weighted by Gasteiger charge is -2.06. The number of carbonyl (C=O) groups is 1. The minimum atomic E-state index is -3.64. The summed E-state index contributed by atoms with van der Waals surface area (Å²) in [5.74, 6) is 0.696. The molecule has 0 aliphatic rings. The number of hydrogen-bond donors (Lipinski definition) is 1. The lowest BCUT2D eigenvalue weighted by Crippen LogP contribution is -2.22. The summed E-state index contributed by atoms with van der Waals surface area (Å²) in [6.07, 6.45) is 0. The first-order valence-electron chi connectivity index (χ1n) is 10.6. The third-order valence-corrected chi connectivity index (χ3v) is 6.94. The van der Waals surface area contributed by atoms with E-state index in [4.69, 9.17) is 9.15 Å². The maximum absolute atomic E-state index is 12.9. The number of hydrogen-bond acceptors (Lipinski definition) is 6. The van der Waals surface area contributed by atoms with Gasteiger partial charge in [0, 0.05) is 17.7 Å². The summed E-state index contributed by atoms with van der Waals surface area (Å²) in [5, 5.41) is 2.88. The monoisotopic (exact) mass is 476 g/mol. The van der Waals surface area contributed by atoms with Crippen LogP contribution in [-0.2, 0) is 22.1 Å². The zero-order valence-corrected chi connectivity index (χ0v) is 19.6. The first-order chi connectivity index (χ1) is 16.4. The Morgan fingerprint density at radius 1 is 1.00 bits per heavy atom. The van der Waals surface area contributed by atoms with Crippen molar-refractivity contribution in [3.8, 4) is 17.2 Å². The minimum Gasteiger partial charge on any atom is -0.497 e. The number of ether oxygens (including phenoxy) is 1. The van der Waals surface area contributed by atoms with Crippen molar-refractivity contribution in [2.75, 3.05) is 7.11 Å². The molecule has 0 aliphatic heterocycles. The Morgan fingerprint density at radius 2 is 1.74 bits per heavy atom. The van der Waals surface area contributed by atoms with Crippen molar-refractivity contribution in [1.29, 1.82) is 0 Å². The van der Waals surface area contributed by atoms with Gasteiger partial charge in [0.25, 0.3) is 5.91 Å². The molecule has 174 valence electrons. The van der Waals surface area contributed by atoms with E-state index in [2.05, 4.69) is 10.3 Å². The Hall–Kier alpha value is -3.91. The van der Waals surface area contributed by atoms with Crippen LogP contribution in [-0.4, -0.2) is 26.4 Å². The van der Waals surface area contributed by atoms with E-state index in [1.807, 2.05) is 30.3 Å². The summed E-state index contributed by atoms with van der Waals surface area (Å²) in [6, 6.07) is 22.8. The predicted octanol–water partition coefficient (Wildman–Crippen LogP) is 4.56. The molecule has 0 saturated heterocycles. The Morgan fingerprint density at radius 3 is 2.44 bits per heavy atom. The third kappa shape index (κ3) is 5.35. The average Bonchev–Trinajstić information content (AvgIpc) is 3.22. The van der Waals surface area contributed by atoms with Gasteiger partial charge in [-0.2, -0.15) is 0 Å². The van der Waals surface area contributed by atoms with Crippen molar-refractivity contribution in [1.82, 2.24) is 10.3 Å². The van der Waals surface area contributed by atoms with E-state index in [9.17, 15) is 13.2 Å².